The third-order valence-corrected chi connectivity index (χ3v) is 6.05. The van der Waals surface area contributed by atoms with Gasteiger partial charge in [-0.15, -0.1) is 11.8 Å². The second kappa shape index (κ2) is 7.82. The first-order valence-electron chi connectivity index (χ1n) is 8.86. The molecule has 2 heterocycles. The number of rotatable bonds is 4. The van der Waals surface area contributed by atoms with Crippen LogP contribution in [0.4, 0.5) is 5.69 Å². The van der Waals surface area contributed by atoms with Crippen molar-refractivity contribution in [1.29, 1.82) is 0 Å². The van der Waals surface area contributed by atoms with Crippen LogP contribution in [-0.4, -0.2) is 24.2 Å². The smallest absolute Gasteiger partial charge is 0.258 e. The molecule has 1 atom stereocenters. The second-order valence-corrected chi connectivity index (χ2v) is 8.17. The van der Waals surface area contributed by atoms with Crippen LogP contribution in [0.2, 0.25) is 5.02 Å². The van der Waals surface area contributed by atoms with E-state index >= 15 is 0 Å². The number of thioether (sulfide) groups is 1. The van der Waals surface area contributed by atoms with E-state index in [4.69, 9.17) is 16.3 Å². The van der Waals surface area contributed by atoms with E-state index in [0.717, 1.165) is 33.9 Å². The first-order chi connectivity index (χ1) is 13.1. The van der Waals surface area contributed by atoms with Gasteiger partial charge in [0.05, 0.1) is 6.04 Å². The summed E-state index contributed by atoms with van der Waals surface area (Å²) in [6, 6.07) is 11.2. The summed E-state index contributed by atoms with van der Waals surface area (Å²) in [4.78, 5) is 25.0. The lowest BCUT2D eigenvalue weighted by molar-refractivity contribution is -0.124. The Morgan fingerprint density at radius 1 is 1.26 bits per heavy atom. The Kier molecular flexibility index (Phi) is 5.27. The molecule has 2 aliphatic rings. The van der Waals surface area contributed by atoms with E-state index < -0.39 is 0 Å². The molecule has 0 fully saturated rings. The lowest BCUT2D eigenvalue weighted by Crippen LogP contribution is -2.34. The Labute approximate surface area is 166 Å². The summed E-state index contributed by atoms with van der Waals surface area (Å²) in [5.74, 6) is 1.45. The molecule has 0 radical (unpaired) electrons. The molecule has 1 unspecified atom stereocenters. The van der Waals surface area contributed by atoms with Crippen molar-refractivity contribution in [3.63, 3.8) is 0 Å². The van der Waals surface area contributed by atoms with Crippen molar-refractivity contribution in [2.45, 2.75) is 30.2 Å². The summed E-state index contributed by atoms with van der Waals surface area (Å²) < 4.78 is 5.66. The molecule has 2 aromatic carbocycles. The molecule has 0 aromatic heterocycles. The summed E-state index contributed by atoms with van der Waals surface area (Å²) >= 11 is 7.89. The van der Waals surface area contributed by atoms with E-state index in [0.29, 0.717) is 23.6 Å². The van der Waals surface area contributed by atoms with Gasteiger partial charge in [-0.25, -0.2) is 0 Å². The number of halogens is 1. The second-order valence-electron chi connectivity index (χ2n) is 6.60. The molecule has 2 N–H and O–H groups in total. The molecule has 0 saturated heterocycles. The van der Waals surface area contributed by atoms with Crippen molar-refractivity contribution in [3.05, 3.63) is 52.5 Å². The van der Waals surface area contributed by atoms with Crippen LogP contribution in [0.15, 0.2) is 41.3 Å². The quantitative estimate of drug-likeness (QED) is 0.812. The lowest BCUT2D eigenvalue weighted by Gasteiger charge is -2.26. The number of aryl methyl sites for hydroxylation is 1. The number of carbonyl (C=O) groups is 2. The number of amides is 2. The van der Waals surface area contributed by atoms with Gasteiger partial charge in [-0.1, -0.05) is 11.6 Å². The number of hydrogen-bond donors (Lipinski definition) is 2. The van der Waals surface area contributed by atoms with Gasteiger partial charge in [0.1, 0.15) is 5.75 Å². The van der Waals surface area contributed by atoms with Gasteiger partial charge in [0.2, 0.25) is 5.91 Å². The highest BCUT2D eigenvalue weighted by atomic mass is 35.5. The highest BCUT2D eigenvalue weighted by Crippen LogP contribution is 2.37. The van der Waals surface area contributed by atoms with E-state index in [1.807, 2.05) is 30.3 Å². The Morgan fingerprint density at radius 2 is 2.15 bits per heavy atom. The number of carbonyl (C=O) groups excluding carboxylic acids is 2. The van der Waals surface area contributed by atoms with Crippen LogP contribution >= 0.6 is 23.4 Å². The van der Waals surface area contributed by atoms with Crippen LogP contribution < -0.4 is 15.4 Å². The molecular weight excluding hydrogens is 384 g/mol. The van der Waals surface area contributed by atoms with Gasteiger partial charge in [-0.05, 0) is 60.4 Å². The summed E-state index contributed by atoms with van der Waals surface area (Å²) in [6.45, 7) is -0.0509. The normalized spacial score (nSPS) is 18.1. The van der Waals surface area contributed by atoms with Crippen LogP contribution in [0, 0.1) is 0 Å². The minimum absolute atomic E-state index is 0.0292. The van der Waals surface area contributed by atoms with Gasteiger partial charge < -0.3 is 15.4 Å². The number of hydrogen-bond acceptors (Lipinski definition) is 4. The van der Waals surface area contributed by atoms with Crippen LogP contribution in [0.1, 0.15) is 30.0 Å². The number of nitrogens with one attached hydrogen (secondary N) is 2. The van der Waals surface area contributed by atoms with Gasteiger partial charge >= 0.3 is 0 Å². The fraction of sp³-hybridized carbons (Fsp3) is 0.300. The molecule has 0 bridgehead atoms. The zero-order valence-electron chi connectivity index (χ0n) is 14.6. The average Bonchev–Trinajstić information content (AvgIpc) is 2.67. The average molecular weight is 403 g/mol. The highest BCUT2D eigenvalue weighted by molar-refractivity contribution is 7.99. The molecule has 2 aliphatic heterocycles. The molecule has 0 spiro atoms. The topological polar surface area (TPSA) is 67.4 Å². The molecule has 0 aliphatic carbocycles. The van der Waals surface area contributed by atoms with Gasteiger partial charge in [-0.3, -0.25) is 9.59 Å². The van der Waals surface area contributed by atoms with Crippen LogP contribution in [0.25, 0.3) is 0 Å². The summed E-state index contributed by atoms with van der Waals surface area (Å²) in [7, 11) is 0. The maximum atomic E-state index is 12.4. The van der Waals surface area contributed by atoms with Gasteiger partial charge in [0.25, 0.3) is 5.91 Å². The predicted molar refractivity (Wildman–Crippen MR) is 107 cm³/mol. The van der Waals surface area contributed by atoms with Crippen molar-refractivity contribution in [3.8, 4) is 5.75 Å². The summed E-state index contributed by atoms with van der Waals surface area (Å²) in [5, 5.41) is 6.56. The molecule has 5 nitrogen and oxygen atoms in total. The largest absolute Gasteiger partial charge is 0.484 e. The molecule has 2 amide bonds. The molecule has 2 aromatic rings. The van der Waals surface area contributed by atoms with Gasteiger partial charge in [-0.2, -0.15) is 0 Å². The van der Waals surface area contributed by atoms with Crippen molar-refractivity contribution >= 4 is 40.9 Å². The monoisotopic (exact) mass is 402 g/mol. The third-order valence-electron chi connectivity index (χ3n) is 4.69. The Morgan fingerprint density at radius 3 is 3.04 bits per heavy atom. The molecule has 7 heteroatoms. The van der Waals surface area contributed by atoms with Crippen LogP contribution in [0.5, 0.6) is 5.75 Å². The minimum Gasteiger partial charge on any atom is -0.484 e. The standard InChI is InChI=1S/C20H19ClN2O3S/c21-13-2-5-18-15(10-13)17(7-8-27-18)23-20(25)11-26-14-3-4-16-12(9-14)1-6-19(24)22-16/h2-5,9-10,17H,1,6-8,11H2,(H,22,24)(H,23,25). The molecule has 140 valence electrons. The Bertz CT molecular complexity index is 903. The Balaban J connectivity index is 1.37. The fourth-order valence-electron chi connectivity index (χ4n) is 3.35. The van der Waals surface area contributed by atoms with Crippen molar-refractivity contribution < 1.29 is 14.3 Å². The predicted octanol–water partition coefficient (Wildman–Crippen LogP) is 3.96. The molecule has 4 rings (SSSR count). The van der Waals surface area contributed by atoms with E-state index in [2.05, 4.69) is 10.6 Å². The zero-order chi connectivity index (χ0) is 18.8. The van der Waals surface area contributed by atoms with Crippen LogP contribution in [0.3, 0.4) is 0 Å². The maximum absolute atomic E-state index is 12.4. The minimum atomic E-state index is -0.163. The van der Waals surface area contributed by atoms with Gasteiger partial charge in [0, 0.05) is 27.8 Å². The van der Waals surface area contributed by atoms with Crippen LogP contribution in [-0.2, 0) is 16.0 Å². The fourth-order valence-corrected chi connectivity index (χ4v) is 4.64. The summed E-state index contributed by atoms with van der Waals surface area (Å²) in [6.07, 6.45) is 2.02. The number of anilines is 1. The number of fused-ring (bicyclic) bond motifs is 2. The third kappa shape index (κ3) is 4.22. The zero-order valence-corrected chi connectivity index (χ0v) is 16.2. The number of ether oxygens (including phenoxy) is 1. The van der Waals surface area contributed by atoms with E-state index in [9.17, 15) is 9.59 Å². The van der Waals surface area contributed by atoms with Gasteiger partial charge in [0.15, 0.2) is 6.61 Å². The lowest BCUT2D eigenvalue weighted by atomic mass is 10.0. The van der Waals surface area contributed by atoms with Crippen molar-refractivity contribution in [2.75, 3.05) is 17.7 Å². The van der Waals surface area contributed by atoms with E-state index in [-0.39, 0.29) is 24.5 Å². The maximum Gasteiger partial charge on any atom is 0.258 e. The first kappa shape index (κ1) is 18.2. The molecular formula is C20H19ClN2O3S. The molecule has 0 saturated carbocycles. The van der Waals surface area contributed by atoms with Crippen molar-refractivity contribution in [1.82, 2.24) is 5.32 Å². The summed E-state index contributed by atoms with van der Waals surface area (Å²) in [5.41, 5.74) is 2.91. The highest BCUT2D eigenvalue weighted by Gasteiger charge is 2.23. The molecule has 27 heavy (non-hydrogen) atoms. The Hall–Kier alpha value is -2.18. The SMILES string of the molecule is O=C1CCc2cc(OCC(=O)NC3CCSc4ccc(Cl)cc43)ccc2N1. The van der Waals surface area contributed by atoms with E-state index in [1.54, 1.807) is 17.8 Å². The van der Waals surface area contributed by atoms with Crippen molar-refractivity contribution in [2.24, 2.45) is 0 Å². The van der Waals surface area contributed by atoms with E-state index in [1.165, 1.54) is 0 Å². The number of benzene rings is 2. The first-order valence-corrected chi connectivity index (χ1v) is 10.2.